The van der Waals surface area contributed by atoms with Gasteiger partial charge < -0.3 is 9.47 Å². The van der Waals surface area contributed by atoms with Crippen molar-refractivity contribution in [3.8, 4) is 0 Å². The smallest absolute Gasteiger partial charge is 0.152 e. The van der Waals surface area contributed by atoms with E-state index in [9.17, 15) is 4.79 Å². The maximum atomic E-state index is 12.2. The molecule has 4 nitrogen and oxygen atoms in total. The number of hydrogen-bond acceptors (Lipinski definition) is 4. The van der Waals surface area contributed by atoms with Crippen molar-refractivity contribution in [1.29, 1.82) is 0 Å². The number of carbonyl (C=O) groups is 1. The molecule has 1 saturated heterocycles. The van der Waals surface area contributed by atoms with Crippen LogP contribution in [0.1, 0.15) is 33.1 Å². The summed E-state index contributed by atoms with van der Waals surface area (Å²) in [5, 5.41) is 0. The molecule has 0 bridgehead atoms. The van der Waals surface area contributed by atoms with Gasteiger partial charge in [0.15, 0.2) is 5.78 Å². The lowest BCUT2D eigenvalue weighted by atomic mass is 10.0. The third kappa shape index (κ3) is 4.67. The molecule has 0 spiro atoms. The number of hydrogen-bond donors (Lipinski definition) is 0. The number of ether oxygens (including phenoxy) is 2. The number of methoxy groups -OCH3 is 1. The van der Waals surface area contributed by atoms with E-state index in [4.69, 9.17) is 9.47 Å². The summed E-state index contributed by atoms with van der Waals surface area (Å²) < 4.78 is 10.4. The molecule has 1 atom stereocenters. The second-order valence-corrected chi connectivity index (χ2v) is 4.96. The number of carbonyl (C=O) groups excluding carboxylic acids is 1. The first kappa shape index (κ1) is 15.6. The van der Waals surface area contributed by atoms with E-state index >= 15 is 0 Å². The zero-order chi connectivity index (χ0) is 13.4. The van der Waals surface area contributed by atoms with Crippen LogP contribution >= 0.6 is 0 Å². The Labute approximate surface area is 111 Å². The van der Waals surface area contributed by atoms with Gasteiger partial charge in [0, 0.05) is 32.2 Å². The zero-order valence-electron chi connectivity index (χ0n) is 12.0. The molecular formula is C14H27NO3. The number of Topliss-reactive ketones (excluding diaryl/α,β-unsaturated/α-hetero) is 1. The van der Waals surface area contributed by atoms with Gasteiger partial charge in [-0.15, -0.1) is 0 Å². The molecule has 0 saturated carbocycles. The van der Waals surface area contributed by atoms with Crippen LogP contribution < -0.4 is 0 Å². The van der Waals surface area contributed by atoms with Crippen molar-refractivity contribution < 1.29 is 14.3 Å². The fourth-order valence-corrected chi connectivity index (χ4v) is 2.52. The van der Waals surface area contributed by atoms with Gasteiger partial charge in [-0.1, -0.05) is 13.8 Å². The first-order valence-corrected chi connectivity index (χ1v) is 7.06. The molecule has 1 heterocycles. The van der Waals surface area contributed by atoms with Crippen LogP contribution in [0.2, 0.25) is 0 Å². The number of rotatable bonds is 9. The van der Waals surface area contributed by atoms with Crippen molar-refractivity contribution in [2.24, 2.45) is 5.92 Å². The minimum atomic E-state index is 0.115. The minimum Gasteiger partial charge on any atom is -0.383 e. The predicted molar refractivity (Wildman–Crippen MR) is 71.8 cm³/mol. The topological polar surface area (TPSA) is 38.8 Å². The van der Waals surface area contributed by atoms with Crippen molar-refractivity contribution in [3.05, 3.63) is 0 Å². The van der Waals surface area contributed by atoms with E-state index in [1.54, 1.807) is 7.11 Å². The van der Waals surface area contributed by atoms with E-state index in [1.807, 2.05) is 0 Å². The normalized spacial score (nSPS) is 19.9. The van der Waals surface area contributed by atoms with Gasteiger partial charge in [0.2, 0.25) is 0 Å². The Morgan fingerprint density at radius 3 is 2.67 bits per heavy atom. The van der Waals surface area contributed by atoms with Crippen LogP contribution in [0.4, 0.5) is 0 Å². The molecule has 1 unspecified atom stereocenters. The first-order valence-electron chi connectivity index (χ1n) is 7.06. The minimum absolute atomic E-state index is 0.115. The van der Waals surface area contributed by atoms with Crippen LogP contribution in [0.5, 0.6) is 0 Å². The lowest BCUT2D eigenvalue weighted by Crippen LogP contribution is -2.42. The summed E-state index contributed by atoms with van der Waals surface area (Å²) in [6, 6.07) is 0.478. The monoisotopic (exact) mass is 257 g/mol. The molecule has 0 aromatic carbocycles. The quantitative estimate of drug-likeness (QED) is 0.630. The van der Waals surface area contributed by atoms with Gasteiger partial charge in [-0.25, -0.2) is 0 Å². The molecule has 0 aromatic heterocycles. The van der Waals surface area contributed by atoms with Crippen LogP contribution in [0.15, 0.2) is 0 Å². The molecule has 18 heavy (non-hydrogen) atoms. The van der Waals surface area contributed by atoms with Gasteiger partial charge in [-0.3, -0.25) is 9.69 Å². The Kier molecular flexibility index (Phi) is 7.47. The summed E-state index contributed by atoms with van der Waals surface area (Å²) in [6.45, 7) is 7.77. The lowest BCUT2D eigenvalue weighted by Gasteiger charge is -2.30. The Hall–Kier alpha value is -0.450. The predicted octanol–water partition coefficient (Wildman–Crippen LogP) is 1.73. The van der Waals surface area contributed by atoms with Gasteiger partial charge in [-0.2, -0.15) is 0 Å². The van der Waals surface area contributed by atoms with E-state index < -0.39 is 0 Å². The third-order valence-electron chi connectivity index (χ3n) is 3.79. The van der Waals surface area contributed by atoms with Crippen molar-refractivity contribution in [1.82, 2.24) is 4.90 Å². The highest BCUT2D eigenvalue weighted by molar-refractivity contribution is 5.83. The molecular weight excluding hydrogens is 230 g/mol. The maximum absolute atomic E-state index is 12.2. The highest BCUT2D eigenvalue weighted by Crippen LogP contribution is 2.16. The molecule has 0 amide bonds. The maximum Gasteiger partial charge on any atom is 0.152 e. The van der Waals surface area contributed by atoms with Gasteiger partial charge in [0.1, 0.15) is 0 Å². The standard InChI is InChI=1S/C14H27NO3/c1-4-13(5-2)15(7-9-17-3)10-14(16)12-6-8-18-11-12/h12-13H,4-11H2,1-3H3. The summed E-state index contributed by atoms with van der Waals surface area (Å²) in [5.41, 5.74) is 0. The summed E-state index contributed by atoms with van der Waals surface area (Å²) in [5.74, 6) is 0.444. The van der Waals surface area contributed by atoms with Crippen LogP contribution in [0.3, 0.4) is 0 Å². The first-order chi connectivity index (χ1) is 8.72. The van der Waals surface area contributed by atoms with Gasteiger partial charge in [0.25, 0.3) is 0 Å². The molecule has 0 radical (unpaired) electrons. The van der Waals surface area contributed by atoms with Gasteiger partial charge >= 0.3 is 0 Å². The summed E-state index contributed by atoms with van der Waals surface area (Å²) in [7, 11) is 1.71. The van der Waals surface area contributed by atoms with Crippen molar-refractivity contribution >= 4 is 5.78 Å². The van der Waals surface area contributed by atoms with E-state index in [0.717, 1.165) is 32.4 Å². The van der Waals surface area contributed by atoms with Crippen LogP contribution in [0, 0.1) is 5.92 Å². The summed E-state index contributed by atoms with van der Waals surface area (Å²) >= 11 is 0. The summed E-state index contributed by atoms with van der Waals surface area (Å²) in [6.07, 6.45) is 3.04. The second kappa shape index (κ2) is 8.62. The number of nitrogens with zero attached hydrogens (tertiary/aromatic N) is 1. The van der Waals surface area contributed by atoms with E-state index in [-0.39, 0.29) is 5.92 Å². The highest BCUT2D eigenvalue weighted by atomic mass is 16.5. The Bertz CT molecular complexity index is 235. The lowest BCUT2D eigenvalue weighted by molar-refractivity contribution is -0.124. The Morgan fingerprint density at radius 2 is 2.17 bits per heavy atom. The molecule has 0 aromatic rings. The largest absolute Gasteiger partial charge is 0.383 e. The van der Waals surface area contributed by atoms with Crippen molar-refractivity contribution in [3.63, 3.8) is 0 Å². The Balaban J connectivity index is 2.50. The van der Waals surface area contributed by atoms with E-state index in [0.29, 0.717) is 31.6 Å². The van der Waals surface area contributed by atoms with E-state index in [1.165, 1.54) is 0 Å². The fourth-order valence-electron chi connectivity index (χ4n) is 2.52. The van der Waals surface area contributed by atoms with Gasteiger partial charge in [-0.05, 0) is 19.3 Å². The third-order valence-corrected chi connectivity index (χ3v) is 3.79. The van der Waals surface area contributed by atoms with Gasteiger partial charge in [0.05, 0.1) is 19.8 Å². The molecule has 4 heteroatoms. The molecule has 0 aliphatic carbocycles. The van der Waals surface area contributed by atoms with Crippen LogP contribution in [-0.2, 0) is 14.3 Å². The van der Waals surface area contributed by atoms with Crippen molar-refractivity contribution in [2.45, 2.75) is 39.2 Å². The average Bonchev–Trinajstić information content (AvgIpc) is 2.90. The number of ketones is 1. The highest BCUT2D eigenvalue weighted by Gasteiger charge is 2.26. The van der Waals surface area contributed by atoms with Crippen LogP contribution in [0.25, 0.3) is 0 Å². The Morgan fingerprint density at radius 1 is 1.44 bits per heavy atom. The van der Waals surface area contributed by atoms with Crippen LogP contribution in [-0.4, -0.2) is 56.7 Å². The summed E-state index contributed by atoms with van der Waals surface area (Å²) in [4.78, 5) is 14.5. The second-order valence-electron chi connectivity index (χ2n) is 4.96. The molecule has 1 fully saturated rings. The van der Waals surface area contributed by atoms with E-state index in [2.05, 4.69) is 18.7 Å². The van der Waals surface area contributed by atoms with Crippen molar-refractivity contribution in [2.75, 3.05) is 40.0 Å². The average molecular weight is 257 g/mol. The fraction of sp³-hybridized carbons (Fsp3) is 0.929. The molecule has 1 aliphatic heterocycles. The molecule has 106 valence electrons. The molecule has 1 rings (SSSR count). The molecule has 0 N–H and O–H groups in total. The zero-order valence-corrected chi connectivity index (χ0v) is 12.0. The molecule has 1 aliphatic rings. The SMILES string of the molecule is CCC(CC)N(CCOC)CC(=O)C1CCOC1.